The van der Waals surface area contributed by atoms with Crippen molar-refractivity contribution in [3.8, 4) is 5.75 Å². The van der Waals surface area contributed by atoms with Gasteiger partial charge in [0.15, 0.2) is 0 Å². The SMILES string of the molecule is CCc1cc(CCN(C)CCC(C)=O)ccc1OC. The molecule has 1 aromatic rings. The van der Waals surface area contributed by atoms with Crippen molar-refractivity contribution in [2.24, 2.45) is 0 Å². The van der Waals surface area contributed by atoms with Crippen LogP contribution in [0, 0.1) is 0 Å². The second-order valence-corrected chi connectivity index (χ2v) is 5.01. The zero-order valence-corrected chi connectivity index (χ0v) is 12.5. The second kappa shape index (κ2) is 7.95. The highest BCUT2D eigenvalue weighted by Crippen LogP contribution is 2.20. The van der Waals surface area contributed by atoms with Crippen LogP contribution in [0.4, 0.5) is 0 Å². The number of hydrogen-bond acceptors (Lipinski definition) is 3. The average Bonchev–Trinajstić information content (AvgIpc) is 2.42. The molecule has 0 aromatic heterocycles. The molecular formula is C16H25NO2. The molecule has 106 valence electrons. The number of carbonyl (C=O) groups excluding carboxylic acids is 1. The van der Waals surface area contributed by atoms with Crippen molar-refractivity contribution in [1.29, 1.82) is 0 Å². The second-order valence-electron chi connectivity index (χ2n) is 5.01. The molecule has 0 bridgehead atoms. The van der Waals surface area contributed by atoms with Gasteiger partial charge in [0, 0.05) is 19.5 Å². The van der Waals surface area contributed by atoms with Gasteiger partial charge in [0.25, 0.3) is 0 Å². The number of aryl methyl sites for hydroxylation is 1. The van der Waals surface area contributed by atoms with Crippen LogP contribution in [0.2, 0.25) is 0 Å². The van der Waals surface area contributed by atoms with Gasteiger partial charge in [-0.2, -0.15) is 0 Å². The Morgan fingerprint density at radius 3 is 2.63 bits per heavy atom. The summed E-state index contributed by atoms with van der Waals surface area (Å²) in [4.78, 5) is 13.1. The Hall–Kier alpha value is -1.35. The molecule has 1 aromatic carbocycles. The number of Topliss-reactive ketones (excluding diaryl/α,β-unsaturated/α-hetero) is 1. The standard InChI is InChI=1S/C16H25NO2/c1-5-15-12-14(6-7-16(15)19-4)9-11-17(3)10-8-13(2)18/h6-7,12H,5,8-11H2,1-4H3. The van der Waals surface area contributed by atoms with Crippen LogP contribution in [0.1, 0.15) is 31.4 Å². The predicted octanol–water partition coefficient (Wildman–Crippen LogP) is 2.71. The number of carbonyl (C=O) groups is 1. The zero-order chi connectivity index (χ0) is 14.3. The predicted molar refractivity (Wildman–Crippen MR) is 78.9 cm³/mol. The van der Waals surface area contributed by atoms with E-state index in [0.29, 0.717) is 6.42 Å². The van der Waals surface area contributed by atoms with Gasteiger partial charge in [-0.05, 0) is 44.0 Å². The van der Waals surface area contributed by atoms with Crippen molar-refractivity contribution in [3.05, 3.63) is 29.3 Å². The molecule has 0 atom stereocenters. The van der Waals surface area contributed by atoms with E-state index in [-0.39, 0.29) is 5.78 Å². The fourth-order valence-corrected chi connectivity index (χ4v) is 2.04. The Bertz CT molecular complexity index is 415. The Morgan fingerprint density at radius 2 is 2.05 bits per heavy atom. The Labute approximate surface area is 116 Å². The number of nitrogens with zero attached hydrogens (tertiary/aromatic N) is 1. The summed E-state index contributed by atoms with van der Waals surface area (Å²) in [6, 6.07) is 6.39. The molecule has 0 aliphatic rings. The van der Waals surface area contributed by atoms with Gasteiger partial charge < -0.3 is 9.64 Å². The van der Waals surface area contributed by atoms with E-state index in [0.717, 1.165) is 31.7 Å². The first-order chi connectivity index (χ1) is 9.06. The third kappa shape index (κ3) is 5.43. The first-order valence-electron chi connectivity index (χ1n) is 6.90. The van der Waals surface area contributed by atoms with Crippen LogP contribution in [-0.2, 0) is 17.6 Å². The number of benzene rings is 1. The fourth-order valence-electron chi connectivity index (χ4n) is 2.04. The van der Waals surface area contributed by atoms with Gasteiger partial charge in [-0.3, -0.25) is 4.79 Å². The molecule has 0 fully saturated rings. The van der Waals surface area contributed by atoms with E-state index in [4.69, 9.17) is 4.74 Å². The molecule has 19 heavy (non-hydrogen) atoms. The maximum atomic E-state index is 10.9. The molecule has 0 aliphatic heterocycles. The lowest BCUT2D eigenvalue weighted by Crippen LogP contribution is -2.23. The van der Waals surface area contributed by atoms with E-state index in [2.05, 4.69) is 31.0 Å². The van der Waals surface area contributed by atoms with E-state index >= 15 is 0 Å². The molecular weight excluding hydrogens is 238 g/mol. The number of ketones is 1. The first-order valence-corrected chi connectivity index (χ1v) is 6.90. The molecule has 0 amide bonds. The van der Waals surface area contributed by atoms with Crippen LogP contribution in [0.5, 0.6) is 5.75 Å². The molecule has 1 rings (SSSR count). The van der Waals surface area contributed by atoms with E-state index in [1.165, 1.54) is 11.1 Å². The van der Waals surface area contributed by atoms with Gasteiger partial charge >= 0.3 is 0 Å². The molecule has 3 nitrogen and oxygen atoms in total. The maximum absolute atomic E-state index is 10.9. The smallest absolute Gasteiger partial charge is 0.131 e. The van der Waals surface area contributed by atoms with Crippen LogP contribution in [-0.4, -0.2) is 37.9 Å². The lowest BCUT2D eigenvalue weighted by molar-refractivity contribution is -0.117. The minimum Gasteiger partial charge on any atom is -0.496 e. The largest absolute Gasteiger partial charge is 0.496 e. The summed E-state index contributed by atoms with van der Waals surface area (Å²) in [7, 11) is 3.77. The van der Waals surface area contributed by atoms with Crippen molar-refractivity contribution in [2.75, 3.05) is 27.2 Å². The van der Waals surface area contributed by atoms with Gasteiger partial charge in [-0.1, -0.05) is 19.1 Å². The summed E-state index contributed by atoms with van der Waals surface area (Å²) >= 11 is 0. The monoisotopic (exact) mass is 263 g/mol. The first kappa shape index (κ1) is 15.7. The normalized spacial score (nSPS) is 10.8. The third-order valence-electron chi connectivity index (χ3n) is 3.35. The van der Waals surface area contributed by atoms with Crippen LogP contribution in [0.15, 0.2) is 18.2 Å². The Morgan fingerprint density at radius 1 is 1.32 bits per heavy atom. The quantitative estimate of drug-likeness (QED) is 0.722. The molecule has 0 unspecified atom stereocenters. The van der Waals surface area contributed by atoms with Crippen molar-refractivity contribution in [3.63, 3.8) is 0 Å². The lowest BCUT2D eigenvalue weighted by atomic mass is 10.0. The fraction of sp³-hybridized carbons (Fsp3) is 0.562. The summed E-state index contributed by atoms with van der Waals surface area (Å²) in [5.41, 5.74) is 2.58. The number of hydrogen-bond donors (Lipinski definition) is 0. The van der Waals surface area contributed by atoms with E-state index < -0.39 is 0 Å². The summed E-state index contributed by atoms with van der Waals surface area (Å²) in [5, 5.41) is 0. The third-order valence-corrected chi connectivity index (χ3v) is 3.35. The minimum atomic E-state index is 0.254. The topological polar surface area (TPSA) is 29.5 Å². The highest BCUT2D eigenvalue weighted by molar-refractivity contribution is 5.75. The average molecular weight is 263 g/mol. The Kier molecular flexibility index (Phi) is 6.57. The zero-order valence-electron chi connectivity index (χ0n) is 12.5. The summed E-state index contributed by atoms with van der Waals surface area (Å²) < 4.78 is 5.33. The van der Waals surface area contributed by atoms with Crippen LogP contribution in [0.3, 0.4) is 0 Å². The molecule has 0 saturated carbocycles. The summed E-state index contributed by atoms with van der Waals surface area (Å²) in [5.74, 6) is 1.22. The summed E-state index contributed by atoms with van der Waals surface area (Å²) in [6.45, 7) is 5.60. The Balaban J connectivity index is 2.51. The van der Waals surface area contributed by atoms with Crippen molar-refractivity contribution in [1.82, 2.24) is 4.90 Å². The van der Waals surface area contributed by atoms with Crippen LogP contribution in [0.25, 0.3) is 0 Å². The molecule has 0 heterocycles. The highest BCUT2D eigenvalue weighted by atomic mass is 16.5. The van der Waals surface area contributed by atoms with Crippen molar-refractivity contribution in [2.45, 2.75) is 33.1 Å². The van der Waals surface area contributed by atoms with Crippen molar-refractivity contribution >= 4 is 5.78 Å². The molecule has 3 heteroatoms. The lowest BCUT2D eigenvalue weighted by Gasteiger charge is -2.16. The van der Waals surface area contributed by atoms with E-state index in [9.17, 15) is 4.79 Å². The number of rotatable bonds is 8. The maximum Gasteiger partial charge on any atom is 0.131 e. The molecule has 0 radical (unpaired) electrons. The van der Waals surface area contributed by atoms with Gasteiger partial charge in [0.2, 0.25) is 0 Å². The van der Waals surface area contributed by atoms with Crippen LogP contribution >= 0.6 is 0 Å². The van der Waals surface area contributed by atoms with Gasteiger partial charge in [-0.25, -0.2) is 0 Å². The van der Waals surface area contributed by atoms with Crippen LogP contribution < -0.4 is 4.74 Å². The van der Waals surface area contributed by atoms with E-state index in [1.807, 2.05) is 6.07 Å². The van der Waals surface area contributed by atoms with E-state index in [1.54, 1.807) is 14.0 Å². The molecule has 0 aliphatic carbocycles. The highest BCUT2D eigenvalue weighted by Gasteiger charge is 2.05. The number of ether oxygens (including phenoxy) is 1. The number of methoxy groups -OCH3 is 1. The van der Waals surface area contributed by atoms with Gasteiger partial charge in [0.1, 0.15) is 11.5 Å². The summed E-state index contributed by atoms with van der Waals surface area (Å²) in [6.07, 6.45) is 2.63. The molecule has 0 N–H and O–H groups in total. The minimum absolute atomic E-state index is 0.254. The number of likely N-dealkylation sites (N-methyl/N-ethyl adjacent to an activating group) is 1. The molecule has 0 saturated heterocycles. The van der Waals surface area contributed by atoms with Gasteiger partial charge in [0.05, 0.1) is 7.11 Å². The van der Waals surface area contributed by atoms with Gasteiger partial charge in [-0.15, -0.1) is 0 Å². The van der Waals surface area contributed by atoms with Crippen molar-refractivity contribution < 1.29 is 9.53 Å². The molecule has 0 spiro atoms.